The molecule has 2 aromatic rings. The zero-order valence-corrected chi connectivity index (χ0v) is 12.6. The molecule has 0 saturated carbocycles. The molecule has 0 fully saturated rings. The Morgan fingerprint density at radius 2 is 1.67 bits per heavy atom. The molecule has 96 valence electrons. The summed E-state index contributed by atoms with van der Waals surface area (Å²) in [6.45, 7) is 8.71. The van der Waals surface area contributed by atoms with Crippen LogP contribution < -0.4 is 5.32 Å². The van der Waals surface area contributed by atoms with Crippen molar-refractivity contribution in [3.63, 3.8) is 0 Å². The van der Waals surface area contributed by atoms with Crippen LogP contribution in [0.15, 0.2) is 24.3 Å². The van der Waals surface area contributed by atoms with Crippen molar-refractivity contribution in [2.45, 2.75) is 33.7 Å². The van der Waals surface area contributed by atoms with E-state index in [0.717, 1.165) is 0 Å². The molecule has 0 aliphatic carbocycles. The molecule has 0 bridgehead atoms. The number of rotatable bonds is 3. The third-order valence-electron chi connectivity index (χ3n) is 3.49. The van der Waals surface area contributed by atoms with Crippen LogP contribution in [0, 0.1) is 27.7 Å². The third-order valence-corrected chi connectivity index (χ3v) is 4.71. The molecule has 0 aliphatic rings. The zero-order valence-electron chi connectivity index (χ0n) is 11.8. The highest BCUT2D eigenvalue weighted by Crippen LogP contribution is 2.32. The fraction of sp³-hybridized carbons (Fsp3) is 0.375. The molecule has 18 heavy (non-hydrogen) atoms. The van der Waals surface area contributed by atoms with E-state index in [1.54, 1.807) is 0 Å². The second kappa shape index (κ2) is 5.25. The van der Waals surface area contributed by atoms with Gasteiger partial charge in [-0.05, 0) is 63.1 Å². The molecule has 0 spiro atoms. The number of thiophene rings is 1. The van der Waals surface area contributed by atoms with Crippen LogP contribution in [0.25, 0.3) is 0 Å². The maximum absolute atomic E-state index is 3.45. The predicted molar refractivity (Wildman–Crippen MR) is 80.6 cm³/mol. The van der Waals surface area contributed by atoms with E-state index in [0.29, 0.717) is 6.04 Å². The van der Waals surface area contributed by atoms with Gasteiger partial charge in [-0.15, -0.1) is 11.3 Å². The Kier molecular flexibility index (Phi) is 3.88. The number of benzene rings is 1. The molecule has 1 heterocycles. The van der Waals surface area contributed by atoms with E-state index < -0.39 is 0 Å². The molecule has 2 rings (SSSR count). The molecule has 0 radical (unpaired) electrons. The van der Waals surface area contributed by atoms with Crippen molar-refractivity contribution < 1.29 is 0 Å². The predicted octanol–water partition coefficient (Wildman–Crippen LogP) is 4.29. The highest BCUT2D eigenvalue weighted by Gasteiger charge is 2.16. The van der Waals surface area contributed by atoms with Crippen molar-refractivity contribution in [1.82, 2.24) is 5.32 Å². The van der Waals surface area contributed by atoms with E-state index in [4.69, 9.17) is 0 Å². The summed E-state index contributed by atoms with van der Waals surface area (Å²) in [5.74, 6) is 0. The van der Waals surface area contributed by atoms with Gasteiger partial charge in [-0.2, -0.15) is 0 Å². The summed E-state index contributed by atoms with van der Waals surface area (Å²) >= 11 is 1.89. The number of hydrogen-bond donors (Lipinski definition) is 1. The lowest BCUT2D eigenvalue weighted by Gasteiger charge is -2.17. The first-order chi connectivity index (χ1) is 8.52. The molecule has 0 saturated heterocycles. The first kappa shape index (κ1) is 13.3. The van der Waals surface area contributed by atoms with Gasteiger partial charge in [0.2, 0.25) is 0 Å². The highest BCUT2D eigenvalue weighted by molar-refractivity contribution is 7.12. The summed E-state index contributed by atoms with van der Waals surface area (Å²) in [7, 11) is 2.04. The van der Waals surface area contributed by atoms with Crippen LogP contribution in [-0.4, -0.2) is 7.05 Å². The summed E-state index contributed by atoms with van der Waals surface area (Å²) in [4.78, 5) is 2.81. The Hall–Kier alpha value is -1.12. The van der Waals surface area contributed by atoms with Gasteiger partial charge < -0.3 is 5.32 Å². The minimum Gasteiger partial charge on any atom is -0.309 e. The number of nitrogens with one attached hydrogen (secondary N) is 1. The second-order valence-corrected chi connectivity index (χ2v) is 6.26. The first-order valence-corrected chi connectivity index (χ1v) is 7.16. The molecule has 1 N–H and O–H groups in total. The lowest BCUT2D eigenvalue weighted by Crippen LogP contribution is -2.17. The van der Waals surface area contributed by atoms with Crippen LogP contribution in [0.3, 0.4) is 0 Å². The van der Waals surface area contributed by atoms with Gasteiger partial charge in [-0.25, -0.2) is 0 Å². The Labute approximate surface area is 114 Å². The van der Waals surface area contributed by atoms with Gasteiger partial charge in [-0.3, -0.25) is 0 Å². The van der Waals surface area contributed by atoms with Gasteiger partial charge >= 0.3 is 0 Å². The smallest absolute Gasteiger partial charge is 0.0671 e. The van der Waals surface area contributed by atoms with Crippen LogP contribution in [-0.2, 0) is 0 Å². The summed E-state index contributed by atoms with van der Waals surface area (Å²) in [5, 5.41) is 3.45. The molecule has 0 amide bonds. The SMILES string of the molecule is CNC(c1ccc(C)c(C)c1)c1sc(C)cc1C. The fourth-order valence-electron chi connectivity index (χ4n) is 2.34. The highest BCUT2D eigenvalue weighted by atomic mass is 32.1. The van der Waals surface area contributed by atoms with E-state index in [1.807, 2.05) is 18.4 Å². The van der Waals surface area contributed by atoms with Crippen molar-refractivity contribution in [2.24, 2.45) is 0 Å². The van der Waals surface area contributed by atoms with E-state index >= 15 is 0 Å². The fourth-order valence-corrected chi connectivity index (χ4v) is 3.51. The van der Waals surface area contributed by atoms with Gasteiger partial charge in [0.05, 0.1) is 6.04 Å². The van der Waals surface area contributed by atoms with Crippen LogP contribution >= 0.6 is 11.3 Å². The van der Waals surface area contributed by atoms with Crippen molar-refractivity contribution in [1.29, 1.82) is 0 Å². The largest absolute Gasteiger partial charge is 0.309 e. The lowest BCUT2D eigenvalue weighted by molar-refractivity contribution is 0.699. The maximum atomic E-state index is 3.45. The average molecular weight is 259 g/mol. The van der Waals surface area contributed by atoms with E-state index in [2.05, 4.69) is 57.3 Å². The molecule has 1 unspecified atom stereocenters. The molecule has 0 aliphatic heterocycles. The van der Waals surface area contributed by atoms with E-state index in [1.165, 1.54) is 32.0 Å². The van der Waals surface area contributed by atoms with Gasteiger partial charge in [-0.1, -0.05) is 18.2 Å². The molecule has 1 nitrogen and oxygen atoms in total. The standard InChI is InChI=1S/C16H21NS/c1-10-6-7-14(9-11(10)2)15(17-5)16-12(3)8-13(4)18-16/h6-9,15,17H,1-5H3. The van der Waals surface area contributed by atoms with Crippen LogP contribution in [0.2, 0.25) is 0 Å². The lowest BCUT2D eigenvalue weighted by atomic mass is 9.99. The summed E-state index contributed by atoms with van der Waals surface area (Å²) in [6.07, 6.45) is 0. The minimum atomic E-state index is 0.308. The molecular weight excluding hydrogens is 238 g/mol. The van der Waals surface area contributed by atoms with E-state index in [9.17, 15) is 0 Å². The Balaban J connectivity index is 2.45. The summed E-state index contributed by atoms with van der Waals surface area (Å²) < 4.78 is 0. The van der Waals surface area contributed by atoms with Crippen LogP contribution in [0.1, 0.15) is 38.0 Å². The minimum absolute atomic E-state index is 0.308. The van der Waals surface area contributed by atoms with Gasteiger partial charge in [0.1, 0.15) is 0 Å². The first-order valence-electron chi connectivity index (χ1n) is 6.34. The van der Waals surface area contributed by atoms with Crippen LogP contribution in [0.4, 0.5) is 0 Å². The second-order valence-electron chi connectivity index (χ2n) is 4.97. The molecule has 1 aromatic carbocycles. The zero-order chi connectivity index (χ0) is 13.3. The van der Waals surface area contributed by atoms with Crippen molar-refractivity contribution in [3.8, 4) is 0 Å². The summed E-state index contributed by atoms with van der Waals surface area (Å²) in [6, 6.07) is 9.32. The number of aryl methyl sites for hydroxylation is 4. The molecule has 2 heteroatoms. The Morgan fingerprint density at radius 3 is 2.17 bits per heavy atom. The van der Waals surface area contributed by atoms with E-state index in [-0.39, 0.29) is 0 Å². The van der Waals surface area contributed by atoms with Crippen molar-refractivity contribution in [3.05, 3.63) is 56.3 Å². The molecule has 1 aromatic heterocycles. The normalized spacial score (nSPS) is 12.7. The van der Waals surface area contributed by atoms with Crippen molar-refractivity contribution in [2.75, 3.05) is 7.05 Å². The third kappa shape index (κ3) is 2.50. The summed E-state index contributed by atoms with van der Waals surface area (Å²) in [5.41, 5.74) is 5.45. The topological polar surface area (TPSA) is 12.0 Å². The Bertz CT molecular complexity index is 554. The van der Waals surface area contributed by atoms with Crippen molar-refractivity contribution >= 4 is 11.3 Å². The van der Waals surface area contributed by atoms with Gasteiger partial charge in [0.25, 0.3) is 0 Å². The quantitative estimate of drug-likeness (QED) is 0.867. The molecular formula is C16H21NS. The maximum Gasteiger partial charge on any atom is 0.0671 e. The average Bonchev–Trinajstić information content (AvgIpc) is 2.64. The number of hydrogen-bond acceptors (Lipinski definition) is 2. The van der Waals surface area contributed by atoms with Gasteiger partial charge in [0, 0.05) is 9.75 Å². The molecule has 1 atom stereocenters. The monoisotopic (exact) mass is 259 g/mol. The Morgan fingerprint density at radius 1 is 0.944 bits per heavy atom. The van der Waals surface area contributed by atoms with Gasteiger partial charge in [0.15, 0.2) is 0 Å². The van der Waals surface area contributed by atoms with Crippen LogP contribution in [0.5, 0.6) is 0 Å².